The van der Waals surface area contributed by atoms with Crippen LogP contribution in [0.4, 0.5) is 5.69 Å². The molecule has 0 atom stereocenters. The lowest BCUT2D eigenvalue weighted by atomic mass is 10.1. The second-order valence-electron chi connectivity index (χ2n) is 4.62. The maximum atomic E-state index is 11.8. The number of rotatable bonds is 3. The molecular formula is C16H13N3O2. The largest absolute Gasteiger partial charge is 0.493 e. The summed E-state index contributed by atoms with van der Waals surface area (Å²) in [5.41, 5.74) is 1.91. The van der Waals surface area contributed by atoms with Crippen molar-refractivity contribution >= 4 is 22.5 Å². The van der Waals surface area contributed by atoms with Gasteiger partial charge in [0.05, 0.1) is 11.9 Å². The van der Waals surface area contributed by atoms with E-state index in [1.165, 1.54) is 0 Å². The Morgan fingerprint density at radius 1 is 1.05 bits per heavy atom. The molecule has 0 fully saturated rings. The van der Waals surface area contributed by atoms with Gasteiger partial charge in [0.15, 0.2) is 5.69 Å². The van der Waals surface area contributed by atoms with Crippen molar-refractivity contribution in [3.63, 3.8) is 0 Å². The van der Waals surface area contributed by atoms with E-state index in [9.17, 15) is 9.90 Å². The van der Waals surface area contributed by atoms with Crippen LogP contribution in [-0.4, -0.2) is 16.0 Å². The van der Waals surface area contributed by atoms with E-state index < -0.39 is 0 Å². The molecule has 0 aliphatic carbocycles. The van der Waals surface area contributed by atoms with Gasteiger partial charge in [-0.1, -0.05) is 48.5 Å². The number of hydrogen-bond acceptors (Lipinski definition) is 3. The lowest BCUT2D eigenvalue weighted by Gasteiger charge is -1.95. The van der Waals surface area contributed by atoms with Gasteiger partial charge in [-0.25, -0.2) is 0 Å². The number of nitrogens with one attached hydrogen (secondary N) is 1. The number of carbonyl (C=O) groups is 1. The molecule has 104 valence electrons. The van der Waals surface area contributed by atoms with Crippen LogP contribution in [0.5, 0.6) is 5.88 Å². The Labute approximate surface area is 121 Å². The molecule has 5 nitrogen and oxygen atoms in total. The zero-order valence-electron chi connectivity index (χ0n) is 11.2. The molecule has 0 aliphatic heterocycles. The molecule has 0 unspecified atom stereocenters. The number of para-hydroxylation sites is 1. The molecule has 0 radical (unpaired) electrons. The minimum Gasteiger partial charge on any atom is -0.493 e. The maximum absolute atomic E-state index is 11.8. The number of aromatic hydroxyl groups is 1. The van der Waals surface area contributed by atoms with Crippen molar-refractivity contribution in [1.82, 2.24) is 4.98 Å². The van der Waals surface area contributed by atoms with E-state index in [0.717, 1.165) is 16.5 Å². The molecule has 21 heavy (non-hydrogen) atoms. The summed E-state index contributed by atoms with van der Waals surface area (Å²) in [5.74, 6) is -0.446. The molecule has 0 bridgehead atoms. The van der Waals surface area contributed by atoms with Crippen LogP contribution in [0.2, 0.25) is 0 Å². The first-order valence-electron chi connectivity index (χ1n) is 6.52. The quantitative estimate of drug-likeness (QED) is 0.716. The third-order valence-corrected chi connectivity index (χ3v) is 3.12. The molecule has 2 aromatic carbocycles. The summed E-state index contributed by atoms with van der Waals surface area (Å²) < 4.78 is 0. The number of carbonyl (C=O) groups excluding carboxylic acids is 1. The molecule has 0 spiro atoms. The van der Waals surface area contributed by atoms with Crippen LogP contribution in [0, 0.1) is 0 Å². The predicted octanol–water partition coefficient (Wildman–Crippen LogP) is 3.73. The van der Waals surface area contributed by atoms with Crippen LogP contribution < -0.4 is 0 Å². The lowest BCUT2D eigenvalue weighted by molar-refractivity contribution is -0.117. The van der Waals surface area contributed by atoms with Gasteiger partial charge in [0, 0.05) is 5.39 Å². The average Bonchev–Trinajstić information content (AvgIpc) is 2.81. The minimum absolute atomic E-state index is 0.0903. The highest BCUT2D eigenvalue weighted by atomic mass is 16.3. The summed E-state index contributed by atoms with van der Waals surface area (Å²) >= 11 is 0. The molecule has 0 aliphatic rings. The Morgan fingerprint density at radius 2 is 1.76 bits per heavy atom. The summed E-state index contributed by atoms with van der Waals surface area (Å²) in [6, 6.07) is 16.6. The van der Waals surface area contributed by atoms with Gasteiger partial charge in [-0.15, -0.1) is 10.2 Å². The molecule has 3 aromatic rings. The van der Waals surface area contributed by atoms with E-state index >= 15 is 0 Å². The van der Waals surface area contributed by atoms with Gasteiger partial charge in [0.25, 0.3) is 5.91 Å². The second-order valence-corrected chi connectivity index (χ2v) is 4.62. The smallest absolute Gasteiger partial charge is 0.269 e. The molecule has 5 heteroatoms. The fourth-order valence-electron chi connectivity index (χ4n) is 2.13. The number of nitrogens with zero attached hydrogens (tertiary/aromatic N) is 2. The first-order chi connectivity index (χ1) is 10.2. The summed E-state index contributed by atoms with van der Waals surface area (Å²) in [5, 5.41) is 18.1. The van der Waals surface area contributed by atoms with Crippen molar-refractivity contribution < 1.29 is 9.90 Å². The number of aromatic amines is 1. The maximum Gasteiger partial charge on any atom is 0.269 e. The van der Waals surface area contributed by atoms with Crippen molar-refractivity contribution in [2.45, 2.75) is 6.42 Å². The van der Waals surface area contributed by atoms with Crippen LogP contribution >= 0.6 is 0 Å². The summed E-state index contributed by atoms with van der Waals surface area (Å²) in [4.78, 5) is 14.6. The Hall–Kier alpha value is -2.95. The molecule has 3 rings (SSSR count). The number of H-pyrrole nitrogens is 1. The molecule has 1 heterocycles. The highest BCUT2D eigenvalue weighted by molar-refractivity contribution is 5.94. The average molecular weight is 279 g/mol. The summed E-state index contributed by atoms with van der Waals surface area (Å²) in [7, 11) is 0. The van der Waals surface area contributed by atoms with Crippen LogP contribution in [0.1, 0.15) is 5.56 Å². The standard InChI is InChI=1S/C16H13N3O2/c20-14(10-11-6-2-1-3-7-11)18-19-15-12-8-4-5-9-13(12)17-16(15)21/h1-9,17,21H,10H2/b19-18+. The molecule has 0 saturated carbocycles. The van der Waals surface area contributed by atoms with Gasteiger partial charge in [0.2, 0.25) is 5.88 Å². The van der Waals surface area contributed by atoms with E-state index in [0.29, 0.717) is 0 Å². The molecule has 2 N–H and O–H groups in total. The molecule has 1 aromatic heterocycles. The number of azo groups is 1. The van der Waals surface area contributed by atoms with Crippen LogP contribution in [0.15, 0.2) is 64.8 Å². The predicted molar refractivity (Wildman–Crippen MR) is 79.6 cm³/mol. The minimum atomic E-state index is -0.356. The van der Waals surface area contributed by atoms with E-state index in [1.807, 2.05) is 54.6 Å². The second kappa shape index (κ2) is 5.58. The van der Waals surface area contributed by atoms with Crippen molar-refractivity contribution in [3.8, 4) is 5.88 Å². The normalized spacial score (nSPS) is 11.2. The highest BCUT2D eigenvalue weighted by Crippen LogP contribution is 2.35. The third-order valence-electron chi connectivity index (χ3n) is 3.12. The van der Waals surface area contributed by atoms with Gasteiger partial charge in [-0.2, -0.15) is 0 Å². The highest BCUT2D eigenvalue weighted by Gasteiger charge is 2.10. The number of hydrogen-bond donors (Lipinski definition) is 2. The first kappa shape index (κ1) is 13.1. The van der Waals surface area contributed by atoms with Crippen LogP contribution in [-0.2, 0) is 11.2 Å². The lowest BCUT2D eigenvalue weighted by Crippen LogP contribution is -1.97. The van der Waals surface area contributed by atoms with Gasteiger partial charge in [-0.05, 0) is 11.6 Å². The van der Waals surface area contributed by atoms with Crippen LogP contribution in [0.25, 0.3) is 10.9 Å². The SMILES string of the molecule is O=C(Cc1ccccc1)/N=N/c1c(O)[nH]c2ccccc12. The zero-order chi connectivity index (χ0) is 14.7. The Morgan fingerprint density at radius 3 is 2.57 bits per heavy atom. The fraction of sp³-hybridized carbons (Fsp3) is 0.0625. The zero-order valence-corrected chi connectivity index (χ0v) is 11.2. The summed E-state index contributed by atoms with van der Waals surface area (Å²) in [6.07, 6.45) is 0.188. The van der Waals surface area contributed by atoms with Gasteiger partial charge >= 0.3 is 0 Å². The van der Waals surface area contributed by atoms with Gasteiger partial charge in [0.1, 0.15) is 0 Å². The molecule has 0 saturated heterocycles. The summed E-state index contributed by atoms with van der Waals surface area (Å²) in [6.45, 7) is 0. The van der Waals surface area contributed by atoms with Gasteiger partial charge < -0.3 is 10.1 Å². The van der Waals surface area contributed by atoms with Crippen molar-refractivity contribution in [1.29, 1.82) is 0 Å². The molecular weight excluding hydrogens is 266 g/mol. The van der Waals surface area contributed by atoms with Crippen LogP contribution in [0.3, 0.4) is 0 Å². The van der Waals surface area contributed by atoms with E-state index in [-0.39, 0.29) is 23.9 Å². The number of benzene rings is 2. The molecule has 1 amide bonds. The van der Waals surface area contributed by atoms with Crippen molar-refractivity contribution in [2.75, 3.05) is 0 Å². The third kappa shape index (κ3) is 2.81. The van der Waals surface area contributed by atoms with Crippen molar-refractivity contribution in [3.05, 3.63) is 60.2 Å². The van der Waals surface area contributed by atoms with Gasteiger partial charge in [-0.3, -0.25) is 4.79 Å². The van der Waals surface area contributed by atoms with Crippen molar-refractivity contribution in [2.24, 2.45) is 10.2 Å². The Balaban J connectivity index is 1.81. The first-order valence-corrected chi connectivity index (χ1v) is 6.52. The topological polar surface area (TPSA) is 77.8 Å². The van der Waals surface area contributed by atoms with E-state index in [4.69, 9.17) is 0 Å². The number of fused-ring (bicyclic) bond motifs is 1. The Bertz CT molecular complexity index is 807. The Kier molecular flexibility index (Phi) is 3.47. The fourth-order valence-corrected chi connectivity index (χ4v) is 2.13. The van der Waals surface area contributed by atoms with E-state index in [2.05, 4.69) is 15.2 Å². The van der Waals surface area contributed by atoms with E-state index in [1.54, 1.807) is 0 Å². The monoisotopic (exact) mass is 279 g/mol. The number of amides is 1. The number of aromatic nitrogens is 1.